The molecule has 0 radical (unpaired) electrons. The van der Waals surface area contributed by atoms with Crippen LogP contribution in [0.3, 0.4) is 0 Å². The van der Waals surface area contributed by atoms with Crippen LogP contribution in [0.1, 0.15) is 54.4 Å². The second kappa shape index (κ2) is 14.9. The zero-order chi connectivity index (χ0) is 26.3. The summed E-state index contributed by atoms with van der Waals surface area (Å²) >= 11 is 0. The molecule has 0 aliphatic heterocycles. The predicted molar refractivity (Wildman–Crippen MR) is 145 cm³/mol. The lowest BCUT2D eigenvalue weighted by Gasteiger charge is -2.09. The van der Waals surface area contributed by atoms with E-state index in [1.807, 2.05) is 48.5 Å². The van der Waals surface area contributed by atoms with Gasteiger partial charge in [-0.1, -0.05) is 56.5 Å². The highest BCUT2D eigenvalue weighted by Gasteiger charge is 2.07. The van der Waals surface area contributed by atoms with Crippen molar-refractivity contribution in [1.82, 2.24) is 0 Å². The maximum Gasteiger partial charge on any atom is 0.330 e. The largest absolute Gasteiger partial charge is 0.494 e. The SMILES string of the molecule is C=CC(=O)OCCCCCCCCOc1ccc(C(=O)Nc2ccc(-c3ccc(C#N)cc3)cc2)cc1. The monoisotopic (exact) mass is 496 g/mol. The first kappa shape index (κ1) is 27.2. The standard InChI is InChI=1S/C31H32N2O4/c1-2-30(34)37-22-8-6-4-3-5-7-21-36-29-19-15-27(16-20-29)31(35)33-28-17-13-26(14-18-28)25-11-9-24(23-32)10-12-25/h2,9-20H,1,3-8,21-22H2,(H,33,35). The first-order chi connectivity index (χ1) is 18.1. The van der Waals surface area contributed by atoms with E-state index in [1.165, 1.54) is 6.08 Å². The molecule has 0 aromatic heterocycles. The lowest BCUT2D eigenvalue weighted by molar-refractivity contribution is -0.137. The second-order valence-corrected chi connectivity index (χ2v) is 8.59. The summed E-state index contributed by atoms with van der Waals surface area (Å²) in [4.78, 5) is 23.6. The fourth-order valence-corrected chi connectivity index (χ4v) is 3.72. The molecule has 0 aliphatic carbocycles. The minimum absolute atomic E-state index is 0.183. The highest BCUT2D eigenvalue weighted by Crippen LogP contribution is 2.22. The summed E-state index contributed by atoms with van der Waals surface area (Å²) < 4.78 is 10.8. The Morgan fingerprint density at radius 2 is 1.35 bits per heavy atom. The van der Waals surface area contributed by atoms with Gasteiger partial charge in [-0.3, -0.25) is 4.79 Å². The van der Waals surface area contributed by atoms with Gasteiger partial charge in [0.2, 0.25) is 0 Å². The van der Waals surface area contributed by atoms with E-state index in [4.69, 9.17) is 14.7 Å². The van der Waals surface area contributed by atoms with E-state index in [0.717, 1.165) is 55.4 Å². The van der Waals surface area contributed by atoms with E-state index in [2.05, 4.69) is 18.0 Å². The van der Waals surface area contributed by atoms with Gasteiger partial charge in [0.15, 0.2) is 0 Å². The molecule has 3 aromatic carbocycles. The number of amides is 1. The molecule has 190 valence electrons. The lowest BCUT2D eigenvalue weighted by atomic mass is 10.0. The van der Waals surface area contributed by atoms with Gasteiger partial charge in [0.05, 0.1) is 24.8 Å². The van der Waals surface area contributed by atoms with Gasteiger partial charge in [-0.25, -0.2) is 4.79 Å². The summed E-state index contributed by atoms with van der Waals surface area (Å²) in [7, 11) is 0. The van der Waals surface area contributed by atoms with Crippen molar-refractivity contribution in [2.75, 3.05) is 18.5 Å². The molecule has 0 saturated carbocycles. The fraction of sp³-hybridized carbons (Fsp3) is 0.258. The number of unbranched alkanes of at least 4 members (excludes halogenated alkanes) is 5. The number of ether oxygens (including phenoxy) is 2. The number of hydrogen-bond donors (Lipinski definition) is 1. The second-order valence-electron chi connectivity index (χ2n) is 8.59. The number of carbonyl (C=O) groups excluding carboxylic acids is 2. The van der Waals surface area contributed by atoms with Crippen LogP contribution < -0.4 is 10.1 Å². The third-order valence-electron chi connectivity index (χ3n) is 5.82. The van der Waals surface area contributed by atoms with Crippen LogP contribution in [0.4, 0.5) is 5.69 Å². The van der Waals surface area contributed by atoms with Crippen LogP contribution in [0, 0.1) is 11.3 Å². The molecule has 3 rings (SSSR count). The van der Waals surface area contributed by atoms with E-state index in [0.29, 0.717) is 30.0 Å². The highest BCUT2D eigenvalue weighted by molar-refractivity contribution is 6.04. The van der Waals surface area contributed by atoms with Gasteiger partial charge in [0, 0.05) is 17.3 Å². The molecule has 0 heterocycles. The van der Waals surface area contributed by atoms with Crippen LogP contribution >= 0.6 is 0 Å². The van der Waals surface area contributed by atoms with E-state index in [-0.39, 0.29) is 11.9 Å². The quantitative estimate of drug-likeness (QED) is 0.149. The van der Waals surface area contributed by atoms with Crippen molar-refractivity contribution < 1.29 is 19.1 Å². The van der Waals surface area contributed by atoms with Crippen molar-refractivity contribution in [1.29, 1.82) is 5.26 Å². The Kier molecular flexibility index (Phi) is 11.0. The molecule has 0 bridgehead atoms. The average molecular weight is 497 g/mol. The first-order valence-electron chi connectivity index (χ1n) is 12.5. The molecular formula is C31H32N2O4. The smallest absolute Gasteiger partial charge is 0.330 e. The average Bonchev–Trinajstić information content (AvgIpc) is 2.94. The summed E-state index contributed by atoms with van der Waals surface area (Å²) in [6.07, 6.45) is 7.36. The summed E-state index contributed by atoms with van der Waals surface area (Å²) in [6.45, 7) is 4.46. The number of rotatable bonds is 14. The third-order valence-corrected chi connectivity index (χ3v) is 5.82. The third kappa shape index (κ3) is 9.30. The van der Waals surface area contributed by atoms with Crippen molar-refractivity contribution >= 4 is 17.6 Å². The topological polar surface area (TPSA) is 88.4 Å². The number of nitriles is 1. The van der Waals surface area contributed by atoms with E-state index in [1.54, 1.807) is 24.3 Å². The van der Waals surface area contributed by atoms with Gasteiger partial charge in [-0.2, -0.15) is 5.26 Å². The molecule has 0 spiro atoms. The Balaban J connectivity index is 1.33. The Hall–Kier alpha value is -4.37. The molecule has 0 unspecified atom stereocenters. The van der Waals surface area contributed by atoms with Crippen LogP contribution in [0.15, 0.2) is 85.5 Å². The summed E-state index contributed by atoms with van der Waals surface area (Å²) in [5, 5.41) is 11.8. The van der Waals surface area contributed by atoms with E-state index in [9.17, 15) is 9.59 Å². The van der Waals surface area contributed by atoms with Crippen molar-refractivity contribution in [2.24, 2.45) is 0 Å². The number of anilines is 1. The minimum atomic E-state index is -0.363. The Bertz CT molecular complexity index is 1190. The molecule has 0 fully saturated rings. The number of esters is 1. The van der Waals surface area contributed by atoms with Crippen molar-refractivity contribution in [3.8, 4) is 22.9 Å². The summed E-state index contributed by atoms with van der Waals surface area (Å²) in [5.74, 6) is 0.196. The molecule has 0 saturated heterocycles. The molecule has 0 aliphatic rings. The summed E-state index contributed by atoms with van der Waals surface area (Å²) in [5.41, 5.74) is 3.91. The number of benzene rings is 3. The number of nitrogens with one attached hydrogen (secondary N) is 1. The molecule has 6 heteroatoms. The molecule has 1 amide bonds. The predicted octanol–water partition coefficient (Wildman–Crippen LogP) is 6.93. The Labute approximate surface area is 218 Å². The van der Waals surface area contributed by atoms with E-state index >= 15 is 0 Å². The maximum absolute atomic E-state index is 12.6. The Morgan fingerprint density at radius 3 is 1.95 bits per heavy atom. The molecule has 37 heavy (non-hydrogen) atoms. The normalized spacial score (nSPS) is 10.2. The zero-order valence-electron chi connectivity index (χ0n) is 20.9. The van der Waals surface area contributed by atoms with Crippen LogP contribution in [-0.2, 0) is 9.53 Å². The molecule has 6 nitrogen and oxygen atoms in total. The highest BCUT2D eigenvalue weighted by atomic mass is 16.5. The van der Waals surface area contributed by atoms with Crippen molar-refractivity contribution in [2.45, 2.75) is 38.5 Å². The van der Waals surface area contributed by atoms with Crippen LogP contribution in [0.2, 0.25) is 0 Å². The van der Waals surface area contributed by atoms with E-state index < -0.39 is 0 Å². The number of hydrogen-bond acceptors (Lipinski definition) is 5. The van der Waals surface area contributed by atoms with Crippen LogP contribution in [-0.4, -0.2) is 25.1 Å². The number of carbonyl (C=O) groups is 2. The van der Waals surface area contributed by atoms with Crippen LogP contribution in [0.5, 0.6) is 5.75 Å². The van der Waals surface area contributed by atoms with Gasteiger partial charge < -0.3 is 14.8 Å². The maximum atomic E-state index is 12.6. The molecule has 3 aromatic rings. The fourth-order valence-electron chi connectivity index (χ4n) is 3.72. The zero-order valence-corrected chi connectivity index (χ0v) is 20.9. The van der Waals surface area contributed by atoms with Crippen molar-refractivity contribution in [3.05, 3.63) is 96.6 Å². The number of nitrogens with zero attached hydrogens (tertiary/aromatic N) is 1. The summed E-state index contributed by atoms with van der Waals surface area (Å²) in [6, 6.07) is 24.2. The van der Waals surface area contributed by atoms with Gasteiger partial charge >= 0.3 is 5.97 Å². The van der Waals surface area contributed by atoms with Gasteiger partial charge in [-0.05, 0) is 72.5 Å². The minimum Gasteiger partial charge on any atom is -0.494 e. The molecule has 0 atom stereocenters. The lowest BCUT2D eigenvalue weighted by Crippen LogP contribution is -2.11. The van der Waals surface area contributed by atoms with Gasteiger partial charge in [-0.15, -0.1) is 0 Å². The molecule has 1 N–H and O–H groups in total. The van der Waals surface area contributed by atoms with Gasteiger partial charge in [0.1, 0.15) is 5.75 Å². The first-order valence-corrected chi connectivity index (χ1v) is 12.5. The van der Waals surface area contributed by atoms with Gasteiger partial charge in [0.25, 0.3) is 5.91 Å². The van der Waals surface area contributed by atoms with Crippen molar-refractivity contribution in [3.63, 3.8) is 0 Å². The Morgan fingerprint density at radius 1 is 0.784 bits per heavy atom. The van der Waals surface area contributed by atoms with Crippen LogP contribution in [0.25, 0.3) is 11.1 Å². The molecular weight excluding hydrogens is 464 g/mol.